The zero-order valence-corrected chi connectivity index (χ0v) is 12.1. The Labute approximate surface area is 127 Å². The molecule has 0 spiro atoms. The van der Waals surface area contributed by atoms with Crippen molar-refractivity contribution in [1.29, 1.82) is 0 Å². The summed E-state index contributed by atoms with van der Waals surface area (Å²) >= 11 is 0. The second-order valence-electron chi connectivity index (χ2n) is 5.63. The quantitative estimate of drug-likeness (QED) is 0.640. The zero-order chi connectivity index (χ0) is 15.7. The van der Waals surface area contributed by atoms with Gasteiger partial charge in [0.15, 0.2) is 0 Å². The first-order valence-corrected chi connectivity index (χ1v) is 7.18. The molecule has 1 aromatic heterocycles. The number of halogens is 1. The van der Waals surface area contributed by atoms with E-state index in [9.17, 15) is 14.5 Å². The summed E-state index contributed by atoms with van der Waals surface area (Å²) in [5, 5.41) is 11.2. The number of nitrogens with zero attached hydrogens (tertiary/aromatic N) is 3. The third-order valence-electron chi connectivity index (χ3n) is 4.01. The molecule has 0 bridgehead atoms. The Morgan fingerprint density at radius 3 is 2.82 bits per heavy atom. The van der Waals surface area contributed by atoms with Gasteiger partial charge in [0.2, 0.25) is 5.82 Å². The summed E-state index contributed by atoms with van der Waals surface area (Å²) in [5.41, 5.74) is 0.518. The number of aromatic nitrogens is 1. The zero-order valence-electron chi connectivity index (χ0n) is 12.1. The van der Waals surface area contributed by atoms with Gasteiger partial charge in [0.05, 0.1) is 11.0 Å². The molecular formula is C16H16FN3O2. The first-order valence-electron chi connectivity index (χ1n) is 7.18. The number of pyridine rings is 1. The minimum absolute atomic E-state index is 0.0436. The summed E-state index contributed by atoms with van der Waals surface area (Å²) in [4.78, 5) is 16.8. The van der Waals surface area contributed by atoms with Gasteiger partial charge in [0.25, 0.3) is 0 Å². The van der Waals surface area contributed by atoms with Gasteiger partial charge in [-0.2, -0.15) is 0 Å². The van der Waals surface area contributed by atoms with Gasteiger partial charge in [0.1, 0.15) is 5.82 Å². The third-order valence-corrected chi connectivity index (χ3v) is 4.01. The van der Waals surface area contributed by atoms with Gasteiger partial charge in [-0.3, -0.25) is 10.1 Å². The summed E-state index contributed by atoms with van der Waals surface area (Å²) < 4.78 is 14.1. The molecular weight excluding hydrogens is 285 g/mol. The SMILES string of the molecule is CC1CC(c2ccccc2F)N(c2ncccc2[N+](=O)[O-])C1. The molecule has 6 heteroatoms. The van der Waals surface area contributed by atoms with Crippen molar-refractivity contribution in [3.8, 4) is 0 Å². The molecule has 2 heterocycles. The molecule has 0 saturated carbocycles. The molecule has 22 heavy (non-hydrogen) atoms. The molecule has 2 aromatic rings. The number of rotatable bonds is 3. The highest BCUT2D eigenvalue weighted by atomic mass is 19.1. The second kappa shape index (κ2) is 5.71. The monoisotopic (exact) mass is 301 g/mol. The maximum absolute atomic E-state index is 14.1. The third kappa shape index (κ3) is 2.52. The summed E-state index contributed by atoms with van der Waals surface area (Å²) in [6.07, 6.45) is 2.28. The summed E-state index contributed by atoms with van der Waals surface area (Å²) in [7, 11) is 0. The van der Waals surface area contributed by atoms with Gasteiger partial charge in [-0.15, -0.1) is 0 Å². The van der Waals surface area contributed by atoms with Crippen molar-refractivity contribution in [3.05, 3.63) is 64.1 Å². The van der Waals surface area contributed by atoms with E-state index < -0.39 is 4.92 Å². The fraction of sp³-hybridized carbons (Fsp3) is 0.312. The van der Waals surface area contributed by atoms with E-state index in [0.717, 1.165) is 6.42 Å². The van der Waals surface area contributed by atoms with E-state index in [-0.39, 0.29) is 17.5 Å². The Morgan fingerprint density at radius 2 is 2.09 bits per heavy atom. The average molecular weight is 301 g/mol. The highest BCUT2D eigenvalue weighted by Gasteiger charge is 2.36. The van der Waals surface area contributed by atoms with Crippen LogP contribution in [0.2, 0.25) is 0 Å². The topological polar surface area (TPSA) is 59.3 Å². The normalized spacial score (nSPS) is 21.1. The van der Waals surface area contributed by atoms with Crippen LogP contribution in [0, 0.1) is 21.8 Å². The van der Waals surface area contributed by atoms with Crippen molar-refractivity contribution in [3.63, 3.8) is 0 Å². The van der Waals surface area contributed by atoms with Crippen LogP contribution in [0.15, 0.2) is 42.6 Å². The molecule has 3 rings (SSSR count). The standard InChI is InChI=1S/C16H16FN3O2/c1-11-9-15(12-5-2-3-6-13(12)17)19(10-11)16-14(20(21)22)7-4-8-18-16/h2-8,11,15H,9-10H2,1H3. The molecule has 1 fully saturated rings. The molecule has 0 radical (unpaired) electrons. The van der Waals surface area contributed by atoms with E-state index in [4.69, 9.17) is 0 Å². The Hall–Kier alpha value is -2.50. The number of hydrogen-bond acceptors (Lipinski definition) is 4. The number of hydrogen-bond donors (Lipinski definition) is 0. The van der Waals surface area contributed by atoms with E-state index in [1.54, 1.807) is 24.3 Å². The van der Waals surface area contributed by atoms with Gasteiger partial charge in [-0.05, 0) is 24.5 Å². The Bertz CT molecular complexity index is 707. The Kier molecular flexibility index (Phi) is 3.75. The van der Waals surface area contributed by atoms with Crippen molar-refractivity contribution in [1.82, 2.24) is 4.98 Å². The van der Waals surface area contributed by atoms with Crippen LogP contribution < -0.4 is 4.90 Å². The lowest BCUT2D eigenvalue weighted by molar-refractivity contribution is -0.384. The fourth-order valence-corrected chi connectivity index (χ4v) is 3.07. The van der Waals surface area contributed by atoms with Crippen molar-refractivity contribution in [2.24, 2.45) is 5.92 Å². The van der Waals surface area contributed by atoms with Crippen LogP contribution in [-0.2, 0) is 0 Å². The summed E-state index contributed by atoms with van der Waals surface area (Å²) in [6.45, 7) is 2.68. The van der Waals surface area contributed by atoms with Crippen LogP contribution in [-0.4, -0.2) is 16.5 Å². The van der Waals surface area contributed by atoms with Crippen molar-refractivity contribution in [2.45, 2.75) is 19.4 Å². The first-order chi connectivity index (χ1) is 10.6. The number of benzene rings is 1. The van der Waals surface area contributed by atoms with E-state index in [1.165, 1.54) is 18.3 Å². The molecule has 2 unspecified atom stereocenters. The Balaban J connectivity index is 2.06. The van der Waals surface area contributed by atoms with Crippen LogP contribution >= 0.6 is 0 Å². The van der Waals surface area contributed by atoms with Crippen molar-refractivity contribution < 1.29 is 9.31 Å². The highest BCUT2D eigenvalue weighted by molar-refractivity contribution is 5.59. The maximum atomic E-state index is 14.1. The molecule has 0 aliphatic carbocycles. The first kappa shape index (κ1) is 14.4. The molecule has 1 aliphatic heterocycles. The molecule has 1 aromatic carbocycles. The lowest BCUT2D eigenvalue weighted by atomic mass is 10.0. The average Bonchev–Trinajstić information content (AvgIpc) is 2.89. The van der Waals surface area contributed by atoms with E-state index in [2.05, 4.69) is 11.9 Å². The van der Waals surface area contributed by atoms with Gasteiger partial charge in [-0.25, -0.2) is 9.37 Å². The molecule has 0 N–H and O–H groups in total. The van der Waals surface area contributed by atoms with E-state index in [0.29, 0.717) is 23.8 Å². The van der Waals surface area contributed by atoms with Crippen LogP contribution in [0.1, 0.15) is 24.9 Å². The molecule has 1 saturated heterocycles. The summed E-state index contributed by atoms with van der Waals surface area (Å²) in [5.74, 6) is 0.335. The molecule has 1 aliphatic rings. The number of nitro groups is 1. The van der Waals surface area contributed by atoms with Crippen LogP contribution in [0.5, 0.6) is 0 Å². The predicted octanol–water partition coefficient (Wildman–Crippen LogP) is 3.72. The van der Waals surface area contributed by atoms with Crippen molar-refractivity contribution in [2.75, 3.05) is 11.4 Å². The highest BCUT2D eigenvalue weighted by Crippen LogP contribution is 2.41. The van der Waals surface area contributed by atoms with Crippen LogP contribution in [0.3, 0.4) is 0 Å². The van der Waals surface area contributed by atoms with Gasteiger partial charge in [-0.1, -0.05) is 25.1 Å². The smallest absolute Gasteiger partial charge is 0.311 e. The lowest BCUT2D eigenvalue weighted by Crippen LogP contribution is -2.25. The molecule has 5 nitrogen and oxygen atoms in total. The van der Waals surface area contributed by atoms with Crippen LogP contribution in [0.25, 0.3) is 0 Å². The minimum atomic E-state index is -0.441. The fourth-order valence-electron chi connectivity index (χ4n) is 3.07. The van der Waals surface area contributed by atoms with Gasteiger partial charge < -0.3 is 4.90 Å². The number of anilines is 1. The van der Waals surface area contributed by atoms with Crippen molar-refractivity contribution >= 4 is 11.5 Å². The van der Waals surface area contributed by atoms with Gasteiger partial charge >= 0.3 is 5.69 Å². The second-order valence-corrected chi connectivity index (χ2v) is 5.63. The molecule has 2 atom stereocenters. The molecule has 114 valence electrons. The predicted molar refractivity (Wildman–Crippen MR) is 81.2 cm³/mol. The van der Waals surface area contributed by atoms with E-state index in [1.807, 2.05) is 4.90 Å². The maximum Gasteiger partial charge on any atom is 0.311 e. The Morgan fingerprint density at radius 1 is 1.32 bits per heavy atom. The van der Waals surface area contributed by atoms with E-state index >= 15 is 0 Å². The largest absolute Gasteiger partial charge is 0.343 e. The van der Waals surface area contributed by atoms with Gasteiger partial charge in [0, 0.05) is 24.4 Å². The summed E-state index contributed by atoms with van der Waals surface area (Å²) in [6, 6.07) is 9.33. The minimum Gasteiger partial charge on any atom is -0.343 e. The van der Waals surface area contributed by atoms with Crippen LogP contribution in [0.4, 0.5) is 15.9 Å². The molecule has 0 amide bonds. The lowest BCUT2D eigenvalue weighted by Gasteiger charge is -2.25.